The molecule has 1 N–H and O–H groups in total. The third kappa shape index (κ3) is 4.43. The van der Waals surface area contributed by atoms with E-state index in [0.29, 0.717) is 29.4 Å². The molecule has 0 fully saturated rings. The number of rotatable bonds is 7. The second kappa shape index (κ2) is 8.88. The summed E-state index contributed by atoms with van der Waals surface area (Å²) in [6.07, 6.45) is 1.32. The van der Waals surface area contributed by atoms with Crippen molar-refractivity contribution in [3.63, 3.8) is 0 Å². The molecule has 0 spiro atoms. The van der Waals surface area contributed by atoms with E-state index in [-0.39, 0.29) is 12.1 Å². The molecule has 0 bridgehead atoms. The van der Waals surface area contributed by atoms with Gasteiger partial charge in [0, 0.05) is 23.9 Å². The normalized spacial score (nSPS) is 10.8. The molecule has 0 aliphatic carbocycles. The average molecular weight is 434 g/mol. The topological polar surface area (TPSA) is 113 Å². The summed E-state index contributed by atoms with van der Waals surface area (Å²) in [7, 11) is 3.04. The quantitative estimate of drug-likeness (QED) is 0.473. The lowest BCUT2D eigenvalue weighted by molar-refractivity contribution is -0.116. The Morgan fingerprint density at radius 2 is 1.75 bits per heavy atom. The van der Waals surface area contributed by atoms with Crippen LogP contribution in [-0.2, 0) is 17.9 Å². The molecule has 0 unspecified atom stereocenters. The highest BCUT2D eigenvalue weighted by Crippen LogP contribution is 2.25. The molecule has 0 atom stereocenters. The van der Waals surface area contributed by atoms with E-state index < -0.39 is 11.5 Å². The number of carbonyl (C=O) groups is 1. The fourth-order valence-electron chi connectivity index (χ4n) is 3.21. The van der Waals surface area contributed by atoms with Crippen LogP contribution in [0.3, 0.4) is 0 Å². The van der Waals surface area contributed by atoms with E-state index in [0.717, 1.165) is 11.1 Å². The third-order valence-corrected chi connectivity index (χ3v) is 4.89. The average Bonchev–Trinajstić information content (AvgIpc) is 3.20. The van der Waals surface area contributed by atoms with Crippen molar-refractivity contribution in [3.05, 3.63) is 70.3 Å². The van der Waals surface area contributed by atoms with Crippen LogP contribution in [0.1, 0.15) is 11.1 Å². The molecule has 32 heavy (non-hydrogen) atoms. The first-order valence-corrected chi connectivity index (χ1v) is 9.84. The zero-order valence-electron chi connectivity index (χ0n) is 17.9. The Hall–Kier alpha value is -4.21. The molecule has 0 radical (unpaired) electrons. The molecule has 0 saturated heterocycles. The number of anilines is 1. The predicted molar refractivity (Wildman–Crippen MR) is 118 cm³/mol. The van der Waals surface area contributed by atoms with Crippen molar-refractivity contribution in [3.8, 4) is 11.5 Å². The Morgan fingerprint density at radius 1 is 1.06 bits per heavy atom. The maximum absolute atomic E-state index is 12.8. The maximum Gasteiger partial charge on any atom is 0.283 e. The van der Waals surface area contributed by atoms with Crippen LogP contribution in [0.15, 0.2) is 53.6 Å². The first-order valence-electron chi connectivity index (χ1n) is 9.84. The second-order valence-corrected chi connectivity index (χ2v) is 7.23. The summed E-state index contributed by atoms with van der Waals surface area (Å²) >= 11 is 0. The molecular weight excluding hydrogens is 412 g/mol. The summed E-state index contributed by atoms with van der Waals surface area (Å²) in [6.45, 7) is 2.22. The third-order valence-electron chi connectivity index (χ3n) is 4.89. The summed E-state index contributed by atoms with van der Waals surface area (Å²) in [5.74, 6) is 0.658. The van der Waals surface area contributed by atoms with Crippen molar-refractivity contribution in [1.29, 1.82) is 0 Å². The van der Waals surface area contributed by atoms with Crippen molar-refractivity contribution in [2.24, 2.45) is 0 Å². The zero-order valence-corrected chi connectivity index (χ0v) is 17.9. The molecule has 0 aliphatic rings. The van der Waals surface area contributed by atoms with Gasteiger partial charge in [-0.2, -0.15) is 0 Å². The molecular formula is C22H22N6O4. The van der Waals surface area contributed by atoms with Crippen molar-refractivity contribution in [1.82, 2.24) is 24.5 Å². The highest BCUT2D eigenvalue weighted by atomic mass is 16.5. The second-order valence-electron chi connectivity index (χ2n) is 7.23. The molecule has 1 amide bonds. The predicted octanol–water partition coefficient (Wildman–Crippen LogP) is 2.00. The summed E-state index contributed by atoms with van der Waals surface area (Å²) in [4.78, 5) is 29.6. The van der Waals surface area contributed by atoms with Gasteiger partial charge in [0.15, 0.2) is 11.2 Å². The van der Waals surface area contributed by atoms with Gasteiger partial charge in [0.25, 0.3) is 5.56 Å². The minimum Gasteiger partial charge on any atom is -0.497 e. The Morgan fingerprint density at radius 3 is 2.41 bits per heavy atom. The van der Waals surface area contributed by atoms with E-state index >= 15 is 0 Å². The van der Waals surface area contributed by atoms with E-state index in [1.54, 1.807) is 22.9 Å². The Bertz CT molecular complexity index is 1300. The van der Waals surface area contributed by atoms with Gasteiger partial charge in [-0.15, -0.1) is 5.10 Å². The monoisotopic (exact) mass is 434 g/mol. The molecule has 2 aromatic carbocycles. The van der Waals surface area contributed by atoms with Crippen LogP contribution < -0.4 is 20.3 Å². The molecule has 0 aliphatic heterocycles. The van der Waals surface area contributed by atoms with Crippen molar-refractivity contribution in [2.45, 2.75) is 20.0 Å². The Balaban J connectivity index is 1.53. The fraction of sp³-hybridized carbons (Fsp3) is 0.227. The van der Waals surface area contributed by atoms with Gasteiger partial charge in [0.2, 0.25) is 5.91 Å². The SMILES string of the molecule is COc1cc(NC(=O)Cn2cnc3c(nnn3Cc3ccc(C)cc3)c2=O)cc(OC)c1. The largest absolute Gasteiger partial charge is 0.497 e. The maximum atomic E-state index is 12.8. The Kier molecular flexibility index (Phi) is 5.84. The van der Waals surface area contributed by atoms with E-state index in [4.69, 9.17) is 9.47 Å². The summed E-state index contributed by atoms with van der Waals surface area (Å²) < 4.78 is 13.2. The zero-order chi connectivity index (χ0) is 22.7. The van der Waals surface area contributed by atoms with Gasteiger partial charge >= 0.3 is 0 Å². The van der Waals surface area contributed by atoms with Gasteiger partial charge in [-0.1, -0.05) is 35.0 Å². The number of hydrogen-bond donors (Lipinski definition) is 1. The first-order chi connectivity index (χ1) is 15.5. The number of carbonyl (C=O) groups excluding carboxylic acids is 1. The number of nitrogens with zero attached hydrogens (tertiary/aromatic N) is 5. The van der Waals surface area contributed by atoms with Crippen LogP contribution in [0.2, 0.25) is 0 Å². The molecule has 10 nitrogen and oxygen atoms in total. The van der Waals surface area contributed by atoms with E-state index in [1.807, 2.05) is 31.2 Å². The lowest BCUT2D eigenvalue weighted by Gasteiger charge is -2.10. The standard InChI is InChI=1S/C22H22N6O4/c1-14-4-6-15(7-5-14)11-28-21-20(25-26-28)22(30)27(13-23-21)12-19(29)24-16-8-17(31-2)10-18(9-16)32-3/h4-10,13H,11-12H2,1-3H3,(H,24,29). The highest BCUT2D eigenvalue weighted by Gasteiger charge is 2.14. The number of ether oxygens (including phenoxy) is 2. The molecule has 4 aromatic rings. The van der Waals surface area contributed by atoms with Crippen molar-refractivity contribution < 1.29 is 14.3 Å². The lowest BCUT2D eigenvalue weighted by atomic mass is 10.1. The van der Waals surface area contributed by atoms with E-state index in [2.05, 4.69) is 20.6 Å². The molecule has 4 rings (SSSR count). The van der Waals surface area contributed by atoms with Gasteiger partial charge in [0.05, 0.1) is 20.8 Å². The number of hydrogen-bond acceptors (Lipinski definition) is 7. The van der Waals surface area contributed by atoms with Gasteiger partial charge < -0.3 is 14.8 Å². The number of aryl methyl sites for hydroxylation is 1. The van der Waals surface area contributed by atoms with Crippen LogP contribution in [0.25, 0.3) is 11.2 Å². The molecule has 2 aromatic heterocycles. The molecule has 164 valence electrons. The summed E-state index contributed by atoms with van der Waals surface area (Å²) in [5, 5.41) is 10.8. The minimum atomic E-state index is -0.441. The molecule has 10 heteroatoms. The number of aromatic nitrogens is 5. The number of amides is 1. The minimum absolute atomic E-state index is 0.107. The van der Waals surface area contributed by atoms with Gasteiger partial charge in [0.1, 0.15) is 24.4 Å². The smallest absolute Gasteiger partial charge is 0.283 e. The van der Waals surface area contributed by atoms with Gasteiger partial charge in [-0.25, -0.2) is 9.67 Å². The highest BCUT2D eigenvalue weighted by molar-refractivity contribution is 5.91. The Labute approximate surface area is 183 Å². The number of fused-ring (bicyclic) bond motifs is 1. The van der Waals surface area contributed by atoms with Crippen molar-refractivity contribution >= 4 is 22.8 Å². The number of nitrogens with one attached hydrogen (secondary N) is 1. The first kappa shape index (κ1) is 21.0. The van der Waals surface area contributed by atoms with Crippen LogP contribution >= 0.6 is 0 Å². The van der Waals surface area contributed by atoms with Gasteiger partial charge in [-0.3, -0.25) is 14.2 Å². The van der Waals surface area contributed by atoms with E-state index in [1.165, 1.54) is 25.1 Å². The van der Waals surface area contributed by atoms with E-state index in [9.17, 15) is 9.59 Å². The fourth-order valence-corrected chi connectivity index (χ4v) is 3.21. The summed E-state index contributed by atoms with van der Waals surface area (Å²) in [6, 6.07) is 13.0. The summed E-state index contributed by atoms with van der Waals surface area (Å²) in [5.41, 5.74) is 2.69. The number of benzene rings is 2. The van der Waals surface area contributed by atoms with Crippen LogP contribution in [0, 0.1) is 6.92 Å². The van der Waals surface area contributed by atoms with Crippen LogP contribution in [0.4, 0.5) is 5.69 Å². The van der Waals surface area contributed by atoms with Crippen LogP contribution in [-0.4, -0.2) is 44.7 Å². The molecule has 2 heterocycles. The van der Waals surface area contributed by atoms with Crippen molar-refractivity contribution in [2.75, 3.05) is 19.5 Å². The van der Waals surface area contributed by atoms with Crippen LogP contribution in [0.5, 0.6) is 11.5 Å². The molecule has 0 saturated carbocycles. The van der Waals surface area contributed by atoms with Gasteiger partial charge in [-0.05, 0) is 12.5 Å². The lowest BCUT2D eigenvalue weighted by Crippen LogP contribution is -2.28. The number of methoxy groups -OCH3 is 2.